The number of carbonyl (C=O) groups excluding carboxylic acids is 1. The van der Waals surface area contributed by atoms with Crippen LogP contribution in [0, 0.1) is 0 Å². The quantitative estimate of drug-likeness (QED) is 0.802. The fraction of sp³-hybridized carbons (Fsp3) is 0.500. The van der Waals surface area contributed by atoms with Crippen molar-refractivity contribution in [2.45, 2.75) is 32.3 Å². The van der Waals surface area contributed by atoms with Gasteiger partial charge in [0, 0.05) is 25.9 Å². The Morgan fingerprint density at radius 1 is 1.29 bits per heavy atom. The van der Waals surface area contributed by atoms with E-state index in [1.165, 1.54) is 5.56 Å². The van der Waals surface area contributed by atoms with Crippen LogP contribution in [0.5, 0.6) is 5.75 Å². The smallest absolute Gasteiger partial charge is 0.223 e. The first-order valence-electron chi connectivity index (χ1n) is 6.07. The summed E-state index contributed by atoms with van der Waals surface area (Å²) in [5, 5.41) is 0. The normalized spacial score (nSPS) is 20.1. The highest BCUT2D eigenvalue weighted by Crippen LogP contribution is 2.28. The van der Waals surface area contributed by atoms with Crippen LogP contribution in [-0.4, -0.2) is 30.5 Å². The van der Waals surface area contributed by atoms with Gasteiger partial charge < -0.3 is 9.64 Å². The van der Waals surface area contributed by atoms with Crippen molar-refractivity contribution in [1.82, 2.24) is 4.90 Å². The molecule has 0 unspecified atom stereocenters. The zero-order valence-electron chi connectivity index (χ0n) is 10.6. The average molecular weight is 233 g/mol. The molecule has 1 aliphatic heterocycles. The maximum atomic E-state index is 11.5. The predicted molar refractivity (Wildman–Crippen MR) is 67.2 cm³/mol. The third-order valence-electron chi connectivity index (χ3n) is 3.06. The molecule has 92 valence electrons. The van der Waals surface area contributed by atoms with Gasteiger partial charge in [-0.15, -0.1) is 0 Å². The summed E-state index contributed by atoms with van der Waals surface area (Å²) in [7, 11) is 1.86. The molecule has 0 spiro atoms. The van der Waals surface area contributed by atoms with Crippen LogP contribution in [0.25, 0.3) is 0 Å². The van der Waals surface area contributed by atoms with E-state index in [2.05, 4.69) is 12.1 Å². The van der Waals surface area contributed by atoms with E-state index in [1.54, 1.807) is 4.90 Å². The number of hydrogen-bond donors (Lipinski definition) is 0. The molecule has 1 aliphatic rings. The first-order valence-corrected chi connectivity index (χ1v) is 6.07. The number of ether oxygens (including phenoxy) is 1. The molecule has 0 N–H and O–H groups in total. The second kappa shape index (κ2) is 4.78. The molecule has 3 nitrogen and oxygen atoms in total. The molecule has 0 aliphatic carbocycles. The van der Waals surface area contributed by atoms with Crippen molar-refractivity contribution in [3.05, 3.63) is 29.8 Å². The zero-order valence-corrected chi connectivity index (χ0v) is 10.6. The summed E-state index contributed by atoms with van der Waals surface area (Å²) in [5.74, 6) is 1.46. The van der Waals surface area contributed by atoms with Gasteiger partial charge in [0.2, 0.25) is 5.91 Å². The molecule has 0 aromatic heterocycles. The maximum Gasteiger partial charge on any atom is 0.223 e. The molecule has 1 amide bonds. The SMILES string of the molecule is CC(C)Oc1ccc([C@H]2CC(=O)N(C)C2)cc1. The Labute approximate surface area is 102 Å². The van der Waals surface area contributed by atoms with Crippen molar-refractivity contribution < 1.29 is 9.53 Å². The molecule has 1 aromatic rings. The molecule has 1 saturated heterocycles. The average Bonchev–Trinajstić information content (AvgIpc) is 2.59. The van der Waals surface area contributed by atoms with Gasteiger partial charge in [-0.3, -0.25) is 4.79 Å². The minimum absolute atomic E-state index is 0.194. The molecular formula is C14H19NO2. The van der Waals surface area contributed by atoms with Gasteiger partial charge in [-0.05, 0) is 31.5 Å². The third-order valence-corrected chi connectivity index (χ3v) is 3.06. The van der Waals surface area contributed by atoms with Crippen molar-refractivity contribution in [3.63, 3.8) is 0 Å². The van der Waals surface area contributed by atoms with Crippen LogP contribution in [0.3, 0.4) is 0 Å². The molecule has 0 bridgehead atoms. The Bertz CT molecular complexity index is 397. The van der Waals surface area contributed by atoms with Crippen molar-refractivity contribution in [1.29, 1.82) is 0 Å². The summed E-state index contributed by atoms with van der Waals surface area (Å²) in [6, 6.07) is 8.10. The van der Waals surface area contributed by atoms with E-state index in [9.17, 15) is 4.79 Å². The fourth-order valence-electron chi connectivity index (χ4n) is 2.18. The number of likely N-dealkylation sites (tertiary alicyclic amines) is 1. The second-order valence-corrected chi connectivity index (χ2v) is 4.91. The Hall–Kier alpha value is -1.51. The van der Waals surface area contributed by atoms with E-state index in [0.717, 1.165) is 12.3 Å². The number of likely N-dealkylation sites (N-methyl/N-ethyl adjacent to an activating group) is 1. The summed E-state index contributed by atoms with van der Waals surface area (Å²) < 4.78 is 5.60. The van der Waals surface area contributed by atoms with Gasteiger partial charge >= 0.3 is 0 Å². The summed E-state index contributed by atoms with van der Waals surface area (Å²) in [5.41, 5.74) is 1.22. The molecule has 0 saturated carbocycles. The van der Waals surface area contributed by atoms with Crippen molar-refractivity contribution in [3.8, 4) is 5.75 Å². The van der Waals surface area contributed by atoms with Gasteiger partial charge in [0.25, 0.3) is 0 Å². The highest BCUT2D eigenvalue weighted by molar-refractivity contribution is 5.79. The maximum absolute atomic E-state index is 11.5. The lowest BCUT2D eigenvalue weighted by Gasteiger charge is -2.13. The molecule has 0 radical (unpaired) electrons. The molecular weight excluding hydrogens is 214 g/mol. The standard InChI is InChI=1S/C14H19NO2/c1-10(2)17-13-6-4-11(5-7-13)12-8-14(16)15(3)9-12/h4-7,10,12H,8-9H2,1-3H3/t12-/m0/s1. The van der Waals surface area contributed by atoms with Gasteiger partial charge in [-0.25, -0.2) is 0 Å². The molecule has 1 heterocycles. The molecule has 17 heavy (non-hydrogen) atoms. The minimum atomic E-state index is 0.194. The van der Waals surface area contributed by atoms with E-state index in [1.807, 2.05) is 33.0 Å². The predicted octanol–water partition coefficient (Wildman–Crippen LogP) is 2.42. The Morgan fingerprint density at radius 2 is 1.94 bits per heavy atom. The molecule has 3 heteroatoms. The van der Waals surface area contributed by atoms with Crippen molar-refractivity contribution in [2.24, 2.45) is 0 Å². The van der Waals surface area contributed by atoms with E-state index in [-0.39, 0.29) is 12.0 Å². The van der Waals surface area contributed by atoms with E-state index >= 15 is 0 Å². The second-order valence-electron chi connectivity index (χ2n) is 4.91. The lowest BCUT2D eigenvalue weighted by atomic mass is 9.98. The Balaban J connectivity index is 2.06. The fourth-order valence-corrected chi connectivity index (χ4v) is 2.18. The molecule has 1 fully saturated rings. The van der Waals surface area contributed by atoms with Gasteiger partial charge in [0.05, 0.1) is 6.10 Å². The van der Waals surface area contributed by atoms with Crippen molar-refractivity contribution >= 4 is 5.91 Å². The summed E-state index contributed by atoms with van der Waals surface area (Å²) in [4.78, 5) is 13.3. The highest BCUT2D eigenvalue weighted by atomic mass is 16.5. The van der Waals surface area contributed by atoms with Crippen molar-refractivity contribution in [2.75, 3.05) is 13.6 Å². The highest BCUT2D eigenvalue weighted by Gasteiger charge is 2.27. The van der Waals surface area contributed by atoms with Crippen LogP contribution >= 0.6 is 0 Å². The van der Waals surface area contributed by atoms with Gasteiger partial charge in [0.1, 0.15) is 5.75 Å². The third kappa shape index (κ3) is 2.78. The van der Waals surface area contributed by atoms with Crippen LogP contribution in [-0.2, 0) is 4.79 Å². The summed E-state index contributed by atoms with van der Waals surface area (Å²) >= 11 is 0. The van der Waals surface area contributed by atoms with Gasteiger partial charge in [-0.2, -0.15) is 0 Å². The molecule has 1 atom stereocenters. The number of hydrogen-bond acceptors (Lipinski definition) is 2. The topological polar surface area (TPSA) is 29.5 Å². The number of rotatable bonds is 3. The van der Waals surface area contributed by atoms with Crippen LogP contribution < -0.4 is 4.74 Å². The zero-order chi connectivity index (χ0) is 12.4. The Kier molecular flexibility index (Phi) is 3.36. The lowest BCUT2D eigenvalue weighted by Crippen LogP contribution is -2.18. The molecule has 2 rings (SSSR count). The molecule has 1 aromatic carbocycles. The van der Waals surface area contributed by atoms with Crippen LogP contribution in [0.15, 0.2) is 24.3 Å². The summed E-state index contributed by atoms with van der Waals surface area (Å²) in [6.45, 7) is 4.85. The van der Waals surface area contributed by atoms with Gasteiger partial charge in [-0.1, -0.05) is 12.1 Å². The lowest BCUT2D eigenvalue weighted by molar-refractivity contribution is -0.126. The van der Waals surface area contributed by atoms with E-state index in [0.29, 0.717) is 12.3 Å². The van der Waals surface area contributed by atoms with Crippen LogP contribution in [0.4, 0.5) is 0 Å². The minimum Gasteiger partial charge on any atom is -0.491 e. The number of nitrogens with zero attached hydrogens (tertiary/aromatic N) is 1. The largest absolute Gasteiger partial charge is 0.491 e. The first-order chi connectivity index (χ1) is 8.06. The number of carbonyl (C=O) groups is 1. The Morgan fingerprint density at radius 3 is 2.41 bits per heavy atom. The van der Waals surface area contributed by atoms with E-state index in [4.69, 9.17) is 4.74 Å². The number of benzene rings is 1. The van der Waals surface area contributed by atoms with Crippen LogP contribution in [0.2, 0.25) is 0 Å². The van der Waals surface area contributed by atoms with E-state index < -0.39 is 0 Å². The number of amides is 1. The van der Waals surface area contributed by atoms with Gasteiger partial charge in [0.15, 0.2) is 0 Å². The van der Waals surface area contributed by atoms with Crippen LogP contribution in [0.1, 0.15) is 31.7 Å². The first kappa shape index (κ1) is 12.0. The monoisotopic (exact) mass is 233 g/mol. The summed E-state index contributed by atoms with van der Waals surface area (Å²) in [6.07, 6.45) is 0.820.